The van der Waals surface area contributed by atoms with Gasteiger partial charge >= 0.3 is 11.9 Å². The number of ether oxygens (including phenoxy) is 2. The second-order valence-electron chi connectivity index (χ2n) is 6.87. The molecule has 2 aromatic heterocycles. The molecule has 7 nitrogen and oxygen atoms in total. The van der Waals surface area contributed by atoms with Crippen molar-refractivity contribution in [3.05, 3.63) is 46.2 Å². The average molecular weight is 417 g/mol. The molecule has 3 rings (SSSR count). The second kappa shape index (κ2) is 9.56. The van der Waals surface area contributed by atoms with Crippen molar-refractivity contribution < 1.29 is 28.3 Å². The minimum Gasteiger partial charge on any atom is -0.465 e. The lowest BCUT2D eigenvalue weighted by Gasteiger charge is -2.14. The first-order valence-corrected chi connectivity index (χ1v) is 10.3. The van der Waals surface area contributed by atoms with Gasteiger partial charge < -0.3 is 19.2 Å². The maximum absolute atomic E-state index is 12.6. The molecule has 154 valence electrons. The first-order valence-electron chi connectivity index (χ1n) is 9.47. The fraction of sp³-hybridized carbons (Fsp3) is 0.381. The summed E-state index contributed by atoms with van der Waals surface area (Å²) in [7, 11) is 0. The number of fused-ring (bicyclic) bond motifs is 1. The van der Waals surface area contributed by atoms with Gasteiger partial charge in [-0.2, -0.15) is 0 Å². The van der Waals surface area contributed by atoms with Gasteiger partial charge in [-0.05, 0) is 63.3 Å². The number of rotatable bonds is 7. The largest absolute Gasteiger partial charge is 0.465 e. The van der Waals surface area contributed by atoms with Gasteiger partial charge in [-0.3, -0.25) is 4.79 Å². The van der Waals surface area contributed by atoms with Gasteiger partial charge in [0.05, 0.1) is 17.9 Å². The average Bonchev–Trinajstić information content (AvgIpc) is 3.31. The van der Waals surface area contributed by atoms with Crippen LogP contribution in [0.25, 0.3) is 6.08 Å². The summed E-state index contributed by atoms with van der Waals surface area (Å²) in [6.45, 7) is 3.11. The number of esters is 2. The molecule has 0 spiro atoms. The summed E-state index contributed by atoms with van der Waals surface area (Å²) >= 11 is 1.39. The van der Waals surface area contributed by atoms with E-state index in [2.05, 4.69) is 5.32 Å². The minimum absolute atomic E-state index is 0.257. The van der Waals surface area contributed by atoms with E-state index >= 15 is 0 Å². The molecule has 29 heavy (non-hydrogen) atoms. The van der Waals surface area contributed by atoms with Gasteiger partial charge in [-0.15, -0.1) is 11.3 Å². The summed E-state index contributed by atoms with van der Waals surface area (Å²) in [5.74, 6) is -1.11. The Hall–Kier alpha value is -2.87. The number of amides is 1. The minimum atomic E-state index is -0.665. The van der Waals surface area contributed by atoms with E-state index in [4.69, 9.17) is 13.9 Å². The second-order valence-corrected chi connectivity index (χ2v) is 7.98. The van der Waals surface area contributed by atoms with Crippen LogP contribution in [0.3, 0.4) is 0 Å². The van der Waals surface area contributed by atoms with Crippen LogP contribution in [0.15, 0.2) is 28.9 Å². The molecule has 0 aliphatic heterocycles. The number of thiophene rings is 1. The molecule has 2 aromatic rings. The number of carbonyl (C=O) groups excluding carboxylic acids is 3. The van der Waals surface area contributed by atoms with Crippen molar-refractivity contribution in [2.24, 2.45) is 0 Å². The normalized spacial score (nSPS) is 13.3. The third-order valence-electron chi connectivity index (χ3n) is 4.24. The number of nitrogens with one attached hydrogen (secondary N) is 1. The highest BCUT2D eigenvalue weighted by atomic mass is 32.1. The first kappa shape index (κ1) is 20.9. The monoisotopic (exact) mass is 417 g/mol. The van der Waals surface area contributed by atoms with Crippen molar-refractivity contribution in [1.82, 2.24) is 0 Å². The van der Waals surface area contributed by atoms with Gasteiger partial charge in [-0.1, -0.05) is 0 Å². The van der Waals surface area contributed by atoms with E-state index in [1.54, 1.807) is 26.0 Å². The Morgan fingerprint density at radius 2 is 2.07 bits per heavy atom. The predicted molar refractivity (Wildman–Crippen MR) is 109 cm³/mol. The molecular formula is C21H23NO6S. The predicted octanol–water partition coefficient (Wildman–Crippen LogP) is 3.98. The maximum Gasteiger partial charge on any atom is 0.341 e. The first-order chi connectivity index (χ1) is 13.9. The molecule has 1 aliphatic rings. The fourth-order valence-electron chi connectivity index (χ4n) is 3.03. The van der Waals surface area contributed by atoms with Gasteiger partial charge in [-0.25, -0.2) is 9.59 Å². The molecule has 0 unspecified atom stereocenters. The molecular weight excluding hydrogens is 394 g/mol. The van der Waals surface area contributed by atoms with Crippen LogP contribution in [-0.4, -0.2) is 30.6 Å². The Morgan fingerprint density at radius 3 is 2.79 bits per heavy atom. The zero-order valence-corrected chi connectivity index (χ0v) is 17.2. The Balaban J connectivity index is 1.64. The fourth-order valence-corrected chi connectivity index (χ4v) is 4.32. The molecule has 0 saturated heterocycles. The molecule has 1 N–H and O–H groups in total. The molecule has 1 aliphatic carbocycles. The lowest BCUT2D eigenvalue weighted by atomic mass is 9.95. The van der Waals surface area contributed by atoms with Gasteiger partial charge in [0.15, 0.2) is 6.61 Å². The Kier molecular flexibility index (Phi) is 6.87. The van der Waals surface area contributed by atoms with Gasteiger partial charge in [0.1, 0.15) is 10.8 Å². The van der Waals surface area contributed by atoms with Gasteiger partial charge in [0.25, 0.3) is 5.91 Å². The number of carbonyl (C=O) groups is 3. The molecule has 0 saturated carbocycles. The van der Waals surface area contributed by atoms with Gasteiger partial charge in [0, 0.05) is 11.0 Å². The molecule has 0 aromatic carbocycles. The van der Waals surface area contributed by atoms with Crippen LogP contribution in [0, 0.1) is 0 Å². The maximum atomic E-state index is 12.6. The molecule has 0 radical (unpaired) electrons. The van der Waals surface area contributed by atoms with Crippen molar-refractivity contribution in [2.45, 2.75) is 45.6 Å². The summed E-state index contributed by atoms with van der Waals surface area (Å²) in [5.41, 5.74) is 1.39. The highest BCUT2D eigenvalue weighted by Crippen LogP contribution is 2.38. The summed E-state index contributed by atoms with van der Waals surface area (Å²) in [5, 5.41) is 3.16. The smallest absolute Gasteiger partial charge is 0.341 e. The van der Waals surface area contributed by atoms with E-state index < -0.39 is 24.5 Å². The molecule has 1 amide bonds. The number of hydrogen-bond donors (Lipinski definition) is 1. The molecule has 0 bridgehead atoms. The zero-order valence-electron chi connectivity index (χ0n) is 16.4. The van der Waals surface area contributed by atoms with Crippen LogP contribution in [0.5, 0.6) is 0 Å². The van der Waals surface area contributed by atoms with E-state index in [9.17, 15) is 14.4 Å². The summed E-state index contributed by atoms with van der Waals surface area (Å²) in [4.78, 5) is 37.7. The Bertz CT molecular complexity index is 910. The van der Waals surface area contributed by atoms with Crippen LogP contribution in [0.2, 0.25) is 0 Å². The van der Waals surface area contributed by atoms with E-state index in [1.807, 2.05) is 0 Å². The van der Waals surface area contributed by atoms with Crippen LogP contribution >= 0.6 is 11.3 Å². The summed E-state index contributed by atoms with van der Waals surface area (Å²) < 4.78 is 15.4. The summed E-state index contributed by atoms with van der Waals surface area (Å²) in [6, 6.07) is 3.38. The number of hydrogen-bond acceptors (Lipinski definition) is 7. The highest BCUT2D eigenvalue weighted by molar-refractivity contribution is 7.17. The lowest BCUT2D eigenvalue weighted by Crippen LogP contribution is -2.22. The highest BCUT2D eigenvalue weighted by Gasteiger charge is 2.28. The number of anilines is 1. The van der Waals surface area contributed by atoms with Crippen molar-refractivity contribution >= 4 is 40.3 Å². The topological polar surface area (TPSA) is 94.8 Å². The quantitative estimate of drug-likeness (QED) is 0.541. The number of furan rings is 1. The van der Waals surface area contributed by atoms with E-state index in [0.717, 1.165) is 36.1 Å². The molecule has 2 heterocycles. The lowest BCUT2D eigenvalue weighted by molar-refractivity contribution is -0.142. The van der Waals surface area contributed by atoms with Crippen LogP contribution in [0.4, 0.5) is 5.00 Å². The van der Waals surface area contributed by atoms with Crippen LogP contribution < -0.4 is 5.32 Å². The van der Waals surface area contributed by atoms with E-state index in [-0.39, 0.29) is 6.10 Å². The van der Waals surface area contributed by atoms with Crippen molar-refractivity contribution in [2.75, 3.05) is 11.9 Å². The SMILES string of the molecule is CC(C)OC(=O)c1c(NC(=O)COC(=O)C=Cc2ccco2)sc2c1CCCC2. The summed E-state index contributed by atoms with van der Waals surface area (Å²) in [6.07, 6.45) is 7.58. The van der Waals surface area contributed by atoms with Crippen LogP contribution in [0.1, 0.15) is 53.2 Å². The van der Waals surface area contributed by atoms with E-state index in [1.165, 1.54) is 29.8 Å². The Morgan fingerprint density at radius 1 is 1.28 bits per heavy atom. The standard InChI is InChI=1S/C21H23NO6S/c1-13(2)28-21(25)19-15-7-3-4-8-16(15)29-20(19)22-17(23)12-27-18(24)10-9-14-6-5-11-26-14/h5-6,9-11,13H,3-4,7-8,12H2,1-2H3,(H,22,23). The van der Waals surface area contributed by atoms with E-state index in [0.29, 0.717) is 16.3 Å². The van der Waals surface area contributed by atoms with Crippen molar-refractivity contribution in [1.29, 1.82) is 0 Å². The Labute approximate surface area is 172 Å². The van der Waals surface area contributed by atoms with Crippen LogP contribution in [-0.2, 0) is 31.9 Å². The molecule has 8 heteroatoms. The van der Waals surface area contributed by atoms with Crippen molar-refractivity contribution in [3.8, 4) is 0 Å². The third kappa shape index (κ3) is 5.57. The number of aryl methyl sites for hydroxylation is 1. The molecule has 0 fully saturated rings. The van der Waals surface area contributed by atoms with Gasteiger partial charge in [0.2, 0.25) is 0 Å². The van der Waals surface area contributed by atoms with Crippen molar-refractivity contribution in [3.63, 3.8) is 0 Å². The zero-order chi connectivity index (χ0) is 20.8. The molecule has 0 atom stereocenters. The third-order valence-corrected chi connectivity index (χ3v) is 5.45.